The second-order valence-electron chi connectivity index (χ2n) is 3.70. The second kappa shape index (κ2) is 6.92. The molecule has 84 valence electrons. The minimum absolute atomic E-state index is 0.170. The highest BCUT2D eigenvalue weighted by Gasteiger charge is 2.11. The van der Waals surface area contributed by atoms with Gasteiger partial charge in [0.05, 0.1) is 12.2 Å². The number of hydrogen-bond donors (Lipinski definition) is 3. The van der Waals surface area contributed by atoms with Crippen molar-refractivity contribution in [2.45, 2.75) is 57.8 Å². The smallest absolute Gasteiger partial charge is 0.160 e. The third-order valence-electron chi connectivity index (χ3n) is 2.20. The molecule has 4 heteroatoms. The molecule has 0 fully saturated rings. The van der Waals surface area contributed by atoms with E-state index in [-0.39, 0.29) is 5.78 Å². The maximum Gasteiger partial charge on any atom is 0.160 e. The fourth-order valence-electron chi connectivity index (χ4n) is 1.10. The van der Waals surface area contributed by atoms with Gasteiger partial charge in [0, 0.05) is 6.42 Å². The third kappa shape index (κ3) is 6.07. The summed E-state index contributed by atoms with van der Waals surface area (Å²) in [5.41, 5.74) is 0. The molecule has 0 amide bonds. The molecule has 3 unspecified atom stereocenters. The number of rotatable bonds is 7. The van der Waals surface area contributed by atoms with Gasteiger partial charge >= 0.3 is 0 Å². The van der Waals surface area contributed by atoms with Crippen LogP contribution in [0.25, 0.3) is 0 Å². The third-order valence-corrected chi connectivity index (χ3v) is 2.20. The molecule has 0 bridgehead atoms. The number of aliphatic hydroxyl groups is 3. The van der Waals surface area contributed by atoms with Crippen LogP contribution in [0.2, 0.25) is 0 Å². The molecule has 0 heterocycles. The van der Waals surface area contributed by atoms with Gasteiger partial charge in [0.1, 0.15) is 6.10 Å². The molecule has 3 atom stereocenters. The van der Waals surface area contributed by atoms with E-state index in [0.717, 1.165) is 0 Å². The summed E-state index contributed by atoms with van der Waals surface area (Å²) in [6.07, 6.45) is -0.164. The van der Waals surface area contributed by atoms with E-state index in [0.29, 0.717) is 25.7 Å². The van der Waals surface area contributed by atoms with E-state index in [2.05, 4.69) is 0 Å². The lowest BCUT2D eigenvalue weighted by molar-refractivity contribution is -0.126. The Morgan fingerprint density at radius 1 is 1.14 bits per heavy atom. The molecule has 0 saturated heterocycles. The van der Waals surface area contributed by atoms with Crippen LogP contribution in [0.4, 0.5) is 0 Å². The normalized spacial score (nSPS) is 17.5. The lowest BCUT2D eigenvalue weighted by Gasteiger charge is -2.12. The van der Waals surface area contributed by atoms with Crippen molar-refractivity contribution in [2.24, 2.45) is 0 Å². The highest BCUT2D eigenvalue weighted by molar-refractivity contribution is 5.82. The predicted molar refractivity (Wildman–Crippen MR) is 52.8 cm³/mol. The van der Waals surface area contributed by atoms with Gasteiger partial charge in [0.25, 0.3) is 0 Å². The first-order valence-electron chi connectivity index (χ1n) is 5.02. The summed E-state index contributed by atoms with van der Waals surface area (Å²) >= 11 is 0. The Balaban J connectivity index is 3.43. The maximum atomic E-state index is 11.0. The number of carbonyl (C=O) groups excluding carboxylic acids is 1. The van der Waals surface area contributed by atoms with Gasteiger partial charge in [-0.15, -0.1) is 0 Å². The molecule has 0 aliphatic heterocycles. The average molecular weight is 204 g/mol. The predicted octanol–water partition coefficient (Wildman–Crippen LogP) is 0.238. The molecular weight excluding hydrogens is 184 g/mol. The first-order chi connectivity index (χ1) is 6.45. The molecule has 0 rings (SSSR count). The van der Waals surface area contributed by atoms with Crippen LogP contribution in [-0.4, -0.2) is 39.4 Å². The minimum atomic E-state index is -0.892. The largest absolute Gasteiger partial charge is 0.391 e. The zero-order valence-corrected chi connectivity index (χ0v) is 8.81. The molecule has 3 N–H and O–H groups in total. The van der Waals surface area contributed by atoms with Crippen molar-refractivity contribution >= 4 is 5.78 Å². The Bertz CT molecular complexity index is 166. The van der Waals surface area contributed by atoms with E-state index in [1.807, 2.05) is 0 Å². The van der Waals surface area contributed by atoms with Crippen molar-refractivity contribution in [3.05, 3.63) is 0 Å². The molecular formula is C10H20O4. The van der Waals surface area contributed by atoms with Crippen LogP contribution in [0.3, 0.4) is 0 Å². The van der Waals surface area contributed by atoms with E-state index in [4.69, 9.17) is 10.2 Å². The Labute approximate surface area is 84.6 Å². The van der Waals surface area contributed by atoms with E-state index in [1.165, 1.54) is 13.8 Å². The first kappa shape index (κ1) is 13.5. The van der Waals surface area contributed by atoms with E-state index in [9.17, 15) is 9.90 Å². The highest BCUT2D eigenvalue weighted by Crippen LogP contribution is 2.07. The Kier molecular flexibility index (Phi) is 6.70. The van der Waals surface area contributed by atoms with Crippen molar-refractivity contribution in [1.82, 2.24) is 0 Å². The van der Waals surface area contributed by atoms with Crippen LogP contribution >= 0.6 is 0 Å². The SMILES string of the molecule is CC(O)C(=O)CCCCC(O)C(C)O. The lowest BCUT2D eigenvalue weighted by atomic mass is 10.0. The van der Waals surface area contributed by atoms with Crippen LogP contribution in [0.15, 0.2) is 0 Å². The second-order valence-corrected chi connectivity index (χ2v) is 3.70. The summed E-state index contributed by atoms with van der Waals surface area (Å²) in [7, 11) is 0. The van der Waals surface area contributed by atoms with Crippen LogP contribution in [0.5, 0.6) is 0 Å². The van der Waals surface area contributed by atoms with Crippen molar-refractivity contribution in [2.75, 3.05) is 0 Å². The molecule has 14 heavy (non-hydrogen) atoms. The van der Waals surface area contributed by atoms with Gasteiger partial charge in [-0.25, -0.2) is 0 Å². The lowest BCUT2D eigenvalue weighted by Crippen LogP contribution is -2.22. The molecule has 0 aromatic rings. The Morgan fingerprint density at radius 3 is 2.14 bits per heavy atom. The molecule has 0 aliphatic carbocycles. The van der Waals surface area contributed by atoms with Crippen molar-refractivity contribution in [1.29, 1.82) is 0 Å². The fourth-order valence-corrected chi connectivity index (χ4v) is 1.10. The Morgan fingerprint density at radius 2 is 1.71 bits per heavy atom. The summed E-state index contributed by atoms with van der Waals surface area (Å²) in [6, 6.07) is 0. The number of ketones is 1. The highest BCUT2D eigenvalue weighted by atomic mass is 16.3. The van der Waals surface area contributed by atoms with Crippen molar-refractivity contribution in [3.63, 3.8) is 0 Å². The number of carbonyl (C=O) groups is 1. The van der Waals surface area contributed by atoms with Gasteiger partial charge in [-0.05, 0) is 26.7 Å². The molecule has 0 aromatic heterocycles. The molecule has 0 radical (unpaired) electrons. The summed E-state index contributed by atoms with van der Waals surface area (Å²) in [5, 5.41) is 27.1. The number of unbranched alkanes of at least 4 members (excludes halogenated alkanes) is 1. The summed E-state index contributed by atoms with van der Waals surface area (Å²) in [6.45, 7) is 2.98. The maximum absolute atomic E-state index is 11.0. The van der Waals surface area contributed by atoms with E-state index < -0.39 is 18.3 Å². The van der Waals surface area contributed by atoms with Crippen LogP contribution in [-0.2, 0) is 4.79 Å². The molecule has 0 aromatic carbocycles. The fraction of sp³-hybridized carbons (Fsp3) is 0.900. The first-order valence-corrected chi connectivity index (χ1v) is 5.02. The zero-order chi connectivity index (χ0) is 11.1. The van der Waals surface area contributed by atoms with Crippen LogP contribution in [0, 0.1) is 0 Å². The summed E-state index contributed by atoms with van der Waals surface area (Å²) in [5.74, 6) is -0.170. The number of aliphatic hydroxyl groups excluding tert-OH is 3. The average Bonchev–Trinajstić information content (AvgIpc) is 2.11. The zero-order valence-electron chi connectivity index (χ0n) is 8.81. The number of hydrogen-bond acceptors (Lipinski definition) is 4. The molecule has 4 nitrogen and oxygen atoms in total. The molecule has 0 aliphatic rings. The van der Waals surface area contributed by atoms with Crippen LogP contribution < -0.4 is 0 Å². The molecule has 0 saturated carbocycles. The van der Waals surface area contributed by atoms with E-state index >= 15 is 0 Å². The monoisotopic (exact) mass is 204 g/mol. The standard InChI is InChI=1S/C10H20O4/c1-7(11)9(13)5-3-4-6-10(14)8(2)12/h7-9,11-13H,3-6H2,1-2H3. The Hall–Kier alpha value is -0.450. The van der Waals surface area contributed by atoms with Gasteiger partial charge < -0.3 is 15.3 Å². The van der Waals surface area contributed by atoms with Crippen molar-refractivity contribution < 1.29 is 20.1 Å². The van der Waals surface area contributed by atoms with Crippen molar-refractivity contribution in [3.8, 4) is 0 Å². The van der Waals surface area contributed by atoms with Gasteiger partial charge in [-0.3, -0.25) is 4.79 Å². The number of Topliss-reactive ketones (excluding diaryl/α,β-unsaturated/α-hetero) is 1. The van der Waals surface area contributed by atoms with Gasteiger partial charge in [-0.2, -0.15) is 0 Å². The van der Waals surface area contributed by atoms with Gasteiger partial charge in [0.2, 0.25) is 0 Å². The summed E-state index contributed by atoms with van der Waals surface area (Å²) in [4.78, 5) is 11.0. The minimum Gasteiger partial charge on any atom is -0.391 e. The van der Waals surface area contributed by atoms with Crippen LogP contribution in [0.1, 0.15) is 39.5 Å². The summed E-state index contributed by atoms with van der Waals surface area (Å²) < 4.78 is 0. The quantitative estimate of drug-likeness (QED) is 0.519. The van der Waals surface area contributed by atoms with Gasteiger partial charge in [-0.1, -0.05) is 6.42 Å². The van der Waals surface area contributed by atoms with E-state index in [1.54, 1.807) is 0 Å². The molecule has 0 spiro atoms. The van der Waals surface area contributed by atoms with Gasteiger partial charge in [0.15, 0.2) is 5.78 Å². The topological polar surface area (TPSA) is 77.8 Å².